The summed E-state index contributed by atoms with van der Waals surface area (Å²) >= 11 is 0. The summed E-state index contributed by atoms with van der Waals surface area (Å²) in [7, 11) is 0. The average Bonchev–Trinajstić information content (AvgIpc) is 2.47. The molecule has 0 aliphatic heterocycles. The van der Waals surface area contributed by atoms with Crippen molar-refractivity contribution >= 4 is 0 Å². The lowest BCUT2D eigenvalue weighted by Gasteiger charge is -2.28. The van der Waals surface area contributed by atoms with E-state index in [2.05, 4.69) is 16.4 Å². The van der Waals surface area contributed by atoms with E-state index >= 15 is 0 Å². The van der Waals surface area contributed by atoms with Gasteiger partial charge in [0.25, 0.3) is 0 Å². The molecule has 0 spiro atoms. The molecule has 2 aromatic rings. The van der Waals surface area contributed by atoms with Gasteiger partial charge in [-0.25, -0.2) is 8.78 Å². The van der Waals surface area contributed by atoms with Gasteiger partial charge in [0, 0.05) is 17.8 Å². The molecule has 0 fully saturated rings. The molecule has 2 nitrogen and oxygen atoms in total. The fraction of sp³-hybridized carbons (Fsp3) is 0.353. The van der Waals surface area contributed by atoms with E-state index < -0.39 is 17.7 Å². The molecule has 2 atom stereocenters. The zero-order chi connectivity index (χ0) is 14.8. The summed E-state index contributed by atoms with van der Waals surface area (Å²) in [5.74, 6) is -1.01. The highest BCUT2D eigenvalue weighted by molar-refractivity contribution is 5.27. The molecule has 110 valence electrons. The Kier molecular flexibility index (Phi) is 3.97. The zero-order valence-corrected chi connectivity index (χ0v) is 11.9. The molecule has 1 N–H and O–H groups in total. The summed E-state index contributed by atoms with van der Waals surface area (Å²) in [6, 6.07) is 7.63. The van der Waals surface area contributed by atoms with Crippen LogP contribution in [0, 0.1) is 11.6 Å². The van der Waals surface area contributed by atoms with Crippen LogP contribution < -0.4 is 5.32 Å². The van der Waals surface area contributed by atoms with Gasteiger partial charge in [0.2, 0.25) is 0 Å². The Morgan fingerprint density at radius 3 is 2.71 bits per heavy atom. The number of nitrogens with one attached hydrogen (secondary N) is 1. The van der Waals surface area contributed by atoms with Crippen LogP contribution in [0.3, 0.4) is 0 Å². The summed E-state index contributed by atoms with van der Waals surface area (Å²) in [4.78, 5) is 4.44. The van der Waals surface area contributed by atoms with E-state index in [1.54, 1.807) is 13.1 Å². The Morgan fingerprint density at radius 2 is 1.95 bits per heavy atom. The minimum atomic E-state index is -0.507. The number of hydrogen-bond donors (Lipinski definition) is 1. The van der Waals surface area contributed by atoms with Gasteiger partial charge in [-0.05, 0) is 49.9 Å². The molecule has 1 heterocycles. The first kappa shape index (κ1) is 14.1. The first-order valence-corrected chi connectivity index (χ1v) is 7.30. The summed E-state index contributed by atoms with van der Waals surface area (Å²) in [5.41, 5.74) is 2.33. The van der Waals surface area contributed by atoms with E-state index in [-0.39, 0.29) is 11.6 Å². The third-order valence-corrected chi connectivity index (χ3v) is 4.08. The van der Waals surface area contributed by atoms with E-state index in [1.165, 1.54) is 23.8 Å². The van der Waals surface area contributed by atoms with Crippen LogP contribution in [-0.2, 0) is 6.42 Å². The Labute approximate surface area is 123 Å². The molecule has 0 saturated carbocycles. The number of halogens is 2. The first-order chi connectivity index (χ1) is 10.2. The lowest BCUT2D eigenvalue weighted by Crippen LogP contribution is -2.29. The lowest BCUT2D eigenvalue weighted by molar-refractivity contribution is 0.389. The molecule has 2 unspecified atom stereocenters. The molecule has 1 aromatic heterocycles. The number of hydrogen-bond acceptors (Lipinski definition) is 2. The van der Waals surface area contributed by atoms with E-state index in [4.69, 9.17) is 0 Å². The van der Waals surface area contributed by atoms with Gasteiger partial charge < -0.3 is 5.32 Å². The van der Waals surface area contributed by atoms with Gasteiger partial charge in [0.05, 0.1) is 11.7 Å². The number of nitrogens with zero attached hydrogens (tertiary/aromatic N) is 1. The fourth-order valence-corrected chi connectivity index (χ4v) is 3.08. The number of pyridine rings is 1. The maximum absolute atomic E-state index is 13.9. The van der Waals surface area contributed by atoms with E-state index in [0.717, 1.165) is 25.0 Å². The van der Waals surface area contributed by atoms with Crippen molar-refractivity contribution in [1.29, 1.82) is 0 Å². The van der Waals surface area contributed by atoms with Crippen molar-refractivity contribution in [2.75, 3.05) is 0 Å². The summed E-state index contributed by atoms with van der Waals surface area (Å²) in [6.45, 7) is 1.79. The van der Waals surface area contributed by atoms with E-state index in [1.807, 2.05) is 6.07 Å². The Hall–Kier alpha value is -1.81. The lowest BCUT2D eigenvalue weighted by atomic mass is 9.91. The number of rotatable bonds is 3. The maximum Gasteiger partial charge on any atom is 0.130 e. The smallest absolute Gasteiger partial charge is 0.130 e. The van der Waals surface area contributed by atoms with Gasteiger partial charge in [-0.2, -0.15) is 0 Å². The van der Waals surface area contributed by atoms with Crippen LogP contribution in [0.25, 0.3) is 0 Å². The topological polar surface area (TPSA) is 24.9 Å². The van der Waals surface area contributed by atoms with Crippen LogP contribution in [0.4, 0.5) is 8.78 Å². The quantitative estimate of drug-likeness (QED) is 0.920. The SMILES string of the molecule is CC(NC1CCCc2cccnc21)c1c(F)cccc1F. The van der Waals surface area contributed by atoms with Crippen molar-refractivity contribution in [1.82, 2.24) is 10.3 Å². The molecule has 4 heteroatoms. The predicted octanol–water partition coefficient (Wildman–Crippen LogP) is 4.09. The summed E-state index contributed by atoms with van der Waals surface area (Å²) < 4.78 is 27.7. The highest BCUT2D eigenvalue weighted by atomic mass is 19.1. The minimum absolute atomic E-state index is 0.0453. The van der Waals surface area contributed by atoms with E-state index in [0.29, 0.717) is 0 Å². The molecule has 1 aromatic carbocycles. The monoisotopic (exact) mass is 288 g/mol. The number of fused-ring (bicyclic) bond motifs is 1. The van der Waals surface area contributed by atoms with Crippen molar-refractivity contribution in [3.05, 3.63) is 65.0 Å². The average molecular weight is 288 g/mol. The maximum atomic E-state index is 13.9. The molecule has 0 saturated heterocycles. The van der Waals surface area contributed by atoms with Gasteiger partial charge in [-0.1, -0.05) is 12.1 Å². The van der Waals surface area contributed by atoms with Crippen LogP contribution in [0.15, 0.2) is 36.5 Å². The Bertz CT molecular complexity index is 622. The molecule has 1 aliphatic rings. The molecular formula is C17H18F2N2. The van der Waals surface area contributed by atoms with Gasteiger partial charge in [-0.3, -0.25) is 4.98 Å². The van der Waals surface area contributed by atoms with Crippen LogP contribution in [-0.4, -0.2) is 4.98 Å². The molecule has 1 aliphatic carbocycles. The van der Waals surface area contributed by atoms with Crippen LogP contribution in [0.1, 0.15) is 48.7 Å². The number of aromatic nitrogens is 1. The first-order valence-electron chi connectivity index (χ1n) is 7.30. The summed E-state index contributed by atoms with van der Waals surface area (Å²) in [6.07, 6.45) is 4.78. The van der Waals surface area contributed by atoms with Crippen molar-refractivity contribution in [3.8, 4) is 0 Å². The molecule has 21 heavy (non-hydrogen) atoms. The van der Waals surface area contributed by atoms with Crippen molar-refractivity contribution < 1.29 is 8.78 Å². The fourth-order valence-electron chi connectivity index (χ4n) is 3.08. The van der Waals surface area contributed by atoms with Gasteiger partial charge in [0.15, 0.2) is 0 Å². The van der Waals surface area contributed by atoms with Crippen LogP contribution >= 0.6 is 0 Å². The molecular weight excluding hydrogens is 270 g/mol. The molecule has 3 rings (SSSR count). The third-order valence-electron chi connectivity index (χ3n) is 4.08. The number of aryl methyl sites for hydroxylation is 1. The summed E-state index contributed by atoms with van der Waals surface area (Å²) in [5, 5.41) is 3.33. The Balaban J connectivity index is 1.85. The minimum Gasteiger partial charge on any atom is -0.302 e. The van der Waals surface area contributed by atoms with Crippen molar-refractivity contribution in [2.24, 2.45) is 0 Å². The van der Waals surface area contributed by atoms with Gasteiger partial charge in [-0.15, -0.1) is 0 Å². The molecule has 0 bridgehead atoms. The molecule has 0 amide bonds. The normalized spacial score (nSPS) is 19.1. The number of benzene rings is 1. The second-order valence-electron chi connectivity index (χ2n) is 5.52. The predicted molar refractivity (Wildman–Crippen MR) is 77.8 cm³/mol. The second kappa shape index (κ2) is 5.90. The van der Waals surface area contributed by atoms with Crippen LogP contribution in [0.2, 0.25) is 0 Å². The van der Waals surface area contributed by atoms with Crippen molar-refractivity contribution in [2.45, 2.75) is 38.3 Å². The zero-order valence-electron chi connectivity index (χ0n) is 11.9. The van der Waals surface area contributed by atoms with Gasteiger partial charge in [0.1, 0.15) is 11.6 Å². The second-order valence-corrected chi connectivity index (χ2v) is 5.52. The Morgan fingerprint density at radius 1 is 1.19 bits per heavy atom. The molecule has 0 radical (unpaired) electrons. The largest absolute Gasteiger partial charge is 0.302 e. The third kappa shape index (κ3) is 2.81. The van der Waals surface area contributed by atoms with E-state index in [9.17, 15) is 8.78 Å². The highest BCUT2D eigenvalue weighted by Crippen LogP contribution is 2.31. The van der Waals surface area contributed by atoms with Crippen molar-refractivity contribution in [3.63, 3.8) is 0 Å². The van der Waals surface area contributed by atoms with Crippen LogP contribution in [0.5, 0.6) is 0 Å². The van der Waals surface area contributed by atoms with Gasteiger partial charge >= 0.3 is 0 Å². The highest BCUT2D eigenvalue weighted by Gasteiger charge is 2.25. The standard InChI is InChI=1S/C17H18F2N2/c1-11(16-13(18)7-3-8-14(16)19)21-15-9-2-5-12-6-4-10-20-17(12)15/h3-4,6-8,10-11,15,21H,2,5,9H2,1H3.